The van der Waals surface area contributed by atoms with Gasteiger partial charge in [0.25, 0.3) is 5.91 Å². The predicted octanol–water partition coefficient (Wildman–Crippen LogP) is 4.43. The van der Waals surface area contributed by atoms with Crippen molar-refractivity contribution in [1.29, 1.82) is 0 Å². The van der Waals surface area contributed by atoms with Crippen molar-refractivity contribution < 1.29 is 22.7 Å². The van der Waals surface area contributed by atoms with Crippen molar-refractivity contribution >= 4 is 27.3 Å². The van der Waals surface area contributed by atoms with E-state index in [2.05, 4.69) is 10.0 Å². The fourth-order valence-corrected chi connectivity index (χ4v) is 3.97. The second-order valence-electron chi connectivity index (χ2n) is 7.08. The molecule has 1 amide bonds. The third kappa shape index (κ3) is 7.63. The Morgan fingerprint density at radius 2 is 1.41 bits per heavy atom. The van der Waals surface area contributed by atoms with Crippen LogP contribution in [0.5, 0.6) is 11.5 Å². The van der Waals surface area contributed by atoms with E-state index in [1.54, 1.807) is 55.5 Å². The standard InChI is InChI=1S/C24H26N2O5S/c1-2-16-32(28,29)26-21-10-8-20(9-11-21)25-24(27)18-31-23-14-12-22(13-15-23)30-17-19-6-4-3-5-7-19/h3-15,26H,2,16-18H2,1H3,(H,25,27). The van der Waals surface area contributed by atoms with Crippen molar-refractivity contribution in [2.24, 2.45) is 0 Å². The van der Waals surface area contributed by atoms with Crippen LogP contribution in [0.1, 0.15) is 18.9 Å². The van der Waals surface area contributed by atoms with Gasteiger partial charge in [-0.1, -0.05) is 37.3 Å². The smallest absolute Gasteiger partial charge is 0.262 e. The molecule has 0 saturated heterocycles. The Hall–Kier alpha value is -3.52. The van der Waals surface area contributed by atoms with Gasteiger partial charge in [0.2, 0.25) is 10.0 Å². The molecule has 0 aliphatic carbocycles. The molecule has 0 saturated carbocycles. The maximum Gasteiger partial charge on any atom is 0.262 e. The molecule has 0 heterocycles. The highest BCUT2D eigenvalue weighted by Crippen LogP contribution is 2.19. The number of hydrogen-bond acceptors (Lipinski definition) is 5. The molecule has 32 heavy (non-hydrogen) atoms. The van der Waals surface area contributed by atoms with E-state index in [0.29, 0.717) is 35.9 Å². The van der Waals surface area contributed by atoms with E-state index in [1.807, 2.05) is 30.3 Å². The van der Waals surface area contributed by atoms with Crippen molar-refractivity contribution in [2.75, 3.05) is 22.4 Å². The number of sulfonamides is 1. The molecule has 3 aromatic carbocycles. The highest BCUT2D eigenvalue weighted by molar-refractivity contribution is 7.92. The maximum absolute atomic E-state index is 12.1. The number of carbonyl (C=O) groups is 1. The number of anilines is 2. The number of benzene rings is 3. The average Bonchev–Trinajstić information content (AvgIpc) is 2.79. The van der Waals surface area contributed by atoms with Crippen LogP contribution < -0.4 is 19.5 Å². The zero-order chi connectivity index (χ0) is 22.8. The summed E-state index contributed by atoms with van der Waals surface area (Å²) in [7, 11) is -3.35. The fraction of sp³-hybridized carbons (Fsp3) is 0.208. The average molecular weight is 455 g/mol. The third-order valence-corrected chi connectivity index (χ3v) is 5.85. The van der Waals surface area contributed by atoms with E-state index >= 15 is 0 Å². The summed E-state index contributed by atoms with van der Waals surface area (Å²) in [6, 6.07) is 23.4. The van der Waals surface area contributed by atoms with Gasteiger partial charge in [-0.15, -0.1) is 0 Å². The van der Waals surface area contributed by atoms with Crippen LogP contribution in [0.3, 0.4) is 0 Å². The molecule has 0 spiro atoms. The maximum atomic E-state index is 12.1. The van der Waals surface area contributed by atoms with Crippen molar-refractivity contribution in [1.82, 2.24) is 0 Å². The molecule has 0 bridgehead atoms. The number of rotatable bonds is 11. The van der Waals surface area contributed by atoms with E-state index in [4.69, 9.17) is 9.47 Å². The van der Waals surface area contributed by atoms with Crippen molar-refractivity contribution in [3.8, 4) is 11.5 Å². The normalized spacial score (nSPS) is 10.9. The van der Waals surface area contributed by atoms with Gasteiger partial charge in [0.15, 0.2) is 6.61 Å². The van der Waals surface area contributed by atoms with Crippen molar-refractivity contribution in [3.05, 3.63) is 84.4 Å². The zero-order valence-corrected chi connectivity index (χ0v) is 18.6. The number of carbonyl (C=O) groups excluding carboxylic acids is 1. The predicted molar refractivity (Wildman–Crippen MR) is 125 cm³/mol. The van der Waals surface area contributed by atoms with E-state index < -0.39 is 10.0 Å². The van der Waals surface area contributed by atoms with Gasteiger partial charge in [-0.05, 0) is 60.5 Å². The minimum atomic E-state index is -3.35. The van der Waals surface area contributed by atoms with Crippen LogP contribution in [-0.4, -0.2) is 26.7 Å². The number of hydrogen-bond donors (Lipinski definition) is 2. The monoisotopic (exact) mass is 454 g/mol. The van der Waals surface area contributed by atoms with Crippen LogP contribution >= 0.6 is 0 Å². The van der Waals surface area contributed by atoms with Crippen LogP contribution in [-0.2, 0) is 21.4 Å². The van der Waals surface area contributed by atoms with E-state index in [0.717, 1.165) is 5.56 Å². The van der Waals surface area contributed by atoms with E-state index in [1.165, 1.54) is 0 Å². The third-order valence-electron chi connectivity index (χ3n) is 4.36. The van der Waals surface area contributed by atoms with Gasteiger partial charge >= 0.3 is 0 Å². The van der Waals surface area contributed by atoms with Crippen LogP contribution in [0, 0.1) is 0 Å². The van der Waals surface area contributed by atoms with Gasteiger partial charge in [-0.2, -0.15) is 0 Å². The number of ether oxygens (including phenoxy) is 2. The fourth-order valence-electron chi connectivity index (χ4n) is 2.84. The largest absolute Gasteiger partial charge is 0.489 e. The lowest BCUT2D eigenvalue weighted by Gasteiger charge is -2.10. The Balaban J connectivity index is 1.43. The molecular weight excluding hydrogens is 428 g/mol. The second kappa shape index (κ2) is 11.2. The molecule has 2 N–H and O–H groups in total. The van der Waals surface area contributed by atoms with Gasteiger partial charge in [-0.25, -0.2) is 8.42 Å². The first-order valence-electron chi connectivity index (χ1n) is 10.2. The molecule has 8 heteroatoms. The molecule has 0 fully saturated rings. The highest BCUT2D eigenvalue weighted by Gasteiger charge is 2.09. The van der Waals surface area contributed by atoms with E-state index in [-0.39, 0.29) is 18.3 Å². The lowest BCUT2D eigenvalue weighted by atomic mass is 10.2. The Morgan fingerprint density at radius 3 is 2.03 bits per heavy atom. The topological polar surface area (TPSA) is 93.7 Å². The van der Waals surface area contributed by atoms with E-state index in [9.17, 15) is 13.2 Å². The summed E-state index contributed by atoms with van der Waals surface area (Å²) in [5.74, 6) is 0.991. The minimum Gasteiger partial charge on any atom is -0.489 e. The molecule has 0 aliphatic heterocycles. The summed E-state index contributed by atoms with van der Waals surface area (Å²) < 4.78 is 37.3. The van der Waals surface area contributed by atoms with Gasteiger partial charge in [-0.3, -0.25) is 9.52 Å². The molecule has 3 rings (SSSR count). The molecule has 0 aliphatic rings. The Kier molecular flexibility index (Phi) is 8.10. The summed E-state index contributed by atoms with van der Waals surface area (Å²) in [6.07, 6.45) is 0.535. The quantitative estimate of drug-likeness (QED) is 0.447. The summed E-state index contributed by atoms with van der Waals surface area (Å²) in [5, 5.41) is 2.71. The first kappa shape index (κ1) is 23.1. The second-order valence-corrected chi connectivity index (χ2v) is 8.92. The Bertz CT molecular complexity index is 1100. The Labute approximate surface area is 188 Å². The molecule has 0 radical (unpaired) electrons. The van der Waals surface area contributed by atoms with Crippen molar-refractivity contribution in [3.63, 3.8) is 0 Å². The summed E-state index contributed by atoms with van der Waals surface area (Å²) in [5.41, 5.74) is 2.07. The SMILES string of the molecule is CCCS(=O)(=O)Nc1ccc(NC(=O)COc2ccc(OCc3ccccc3)cc2)cc1. The molecule has 0 aromatic heterocycles. The van der Waals surface area contributed by atoms with Crippen molar-refractivity contribution in [2.45, 2.75) is 20.0 Å². The lowest BCUT2D eigenvalue weighted by molar-refractivity contribution is -0.118. The highest BCUT2D eigenvalue weighted by atomic mass is 32.2. The number of nitrogens with one attached hydrogen (secondary N) is 2. The summed E-state index contributed by atoms with van der Waals surface area (Å²) >= 11 is 0. The molecular formula is C24H26N2O5S. The number of amides is 1. The lowest BCUT2D eigenvalue weighted by Crippen LogP contribution is -2.20. The van der Waals surface area contributed by atoms with Crippen LogP contribution in [0.4, 0.5) is 11.4 Å². The van der Waals surface area contributed by atoms with Gasteiger partial charge < -0.3 is 14.8 Å². The zero-order valence-electron chi connectivity index (χ0n) is 17.8. The Morgan fingerprint density at radius 1 is 0.812 bits per heavy atom. The molecule has 0 atom stereocenters. The molecule has 3 aromatic rings. The molecule has 0 unspecified atom stereocenters. The molecule has 168 valence electrons. The van der Waals surface area contributed by atoms with Crippen LogP contribution in [0.2, 0.25) is 0 Å². The summed E-state index contributed by atoms with van der Waals surface area (Å²) in [6.45, 7) is 2.12. The first-order valence-corrected chi connectivity index (χ1v) is 11.9. The van der Waals surface area contributed by atoms with Crippen LogP contribution in [0.15, 0.2) is 78.9 Å². The minimum absolute atomic E-state index is 0.0585. The van der Waals surface area contributed by atoms with Gasteiger partial charge in [0, 0.05) is 11.4 Å². The van der Waals surface area contributed by atoms with Gasteiger partial charge in [0.1, 0.15) is 18.1 Å². The first-order chi connectivity index (χ1) is 15.4. The summed E-state index contributed by atoms with van der Waals surface area (Å²) in [4.78, 5) is 12.1. The molecule has 7 nitrogen and oxygen atoms in total. The van der Waals surface area contributed by atoms with Crippen LogP contribution in [0.25, 0.3) is 0 Å². The van der Waals surface area contributed by atoms with Gasteiger partial charge in [0.05, 0.1) is 5.75 Å².